The molecular formula is C13H22N4O. The molecule has 1 heterocycles. The Morgan fingerprint density at radius 3 is 2.89 bits per heavy atom. The SMILES string of the molecule is CCNC(=O)c1cc(N(CC)CCCN)ccn1. The van der Waals surface area contributed by atoms with E-state index in [1.807, 2.05) is 19.1 Å². The van der Waals surface area contributed by atoms with Gasteiger partial charge in [-0.2, -0.15) is 0 Å². The van der Waals surface area contributed by atoms with Crippen molar-refractivity contribution in [3.8, 4) is 0 Å². The summed E-state index contributed by atoms with van der Waals surface area (Å²) in [6.45, 7) is 7.04. The van der Waals surface area contributed by atoms with Crippen LogP contribution in [0.25, 0.3) is 0 Å². The van der Waals surface area contributed by atoms with Crippen molar-refractivity contribution in [2.45, 2.75) is 20.3 Å². The average Bonchev–Trinajstić information content (AvgIpc) is 2.40. The third-order valence-corrected chi connectivity index (χ3v) is 2.69. The highest BCUT2D eigenvalue weighted by molar-refractivity contribution is 5.93. The van der Waals surface area contributed by atoms with Gasteiger partial charge < -0.3 is 16.0 Å². The molecular weight excluding hydrogens is 228 g/mol. The predicted octanol–water partition coefficient (Wildman–Crippen LogP) is 1.01. The summed E-state index contributed by atoms with van der Waals surface area (Å²) in [6.07, 6.45) is 2.61. The first-order chi connectivity index (χ1) is 8.72. The Balaban J connectivity index is 2.82. The number of carbonyl (C=O) groups is 1. The lowest BCUT2D eigenvalue weighted by Gasteiger charge is -2.23. The van der Waals surface area contributed by atoms with Crippen LogP contribution in [0.4, 0.5) is 5.69 Å². The molecule has 0 aliphatic rings. The zero-order valence-electron chi connectivity index (χ0n) is 11.1. The molecule has 0 fully saturated rings. The molecule has 1 rings (SSSR count). The van der Waals surface area contributed by atoms with Gasteiger partial charge in [0.15, 0.2) is 0 Å². The average molecular weight is 250 g/mol. The summed E-state index contributed by atoms with van der Waals surface area (Å²) in [4.78, 5) is 18.0. The fourth-order valence-corrected chi connectivity index (χ4v) is 1.74. The Bertz CT molecular complexity index is 381. The molecule has 0 unspecified atom stereocenters. The van der Waals surface area contributed by atoms with Crippen LogP contribution in [0.2, 0.25) is 0 Å². The van der Waals surface area contributed by atoms with Gasteiger partial charge in [-0.3, -0.25) is 9.78 Å². The lowest BCUT2D eigenvalue weighted by molar-refractivity contribution is 0.0951. The van der Waals surface area contributed by atoms with E-state index in [1.54, 1.807) is 6.20 Å². The van der Waals surface area contributed by atoms with E-state index in [4.69, 9.17) is 5.73 Å². The number of nitrogens with one attached hydrogen (secondary N) is 1. The van der Waals surface area contributed by atoms with Crippen molar-refractivity contribution in [3.63, 3.8) is 0 Å². The third-order valence-electron chi connectivity index (χ3n) is 2.69. The molecule has 18 heavy (non-hydrogen) atoms. The van der Waals surface area contributed by atoms with E-state index in [0.29, 0.717) is 18.8 Å². The fourth-order valence-electron chi connectivity index (χ4n) is 1.74. The van der Waals surface area contributed by atoms with Crippen LogP contribution in [-0.2, 0) is 0 Å². The van der Waals surface area contributed by atoms with E-state index in [1.165, 1.54) is 0 Å². The van der Waals surface area contributed by atoms with Crippen LogP contribution >= 0.6 is 0 Å². The van der Waals surface area contributed by atoms with Gasteiger partial charge in [-0.05, 0) is 38.9 Å². The van der Waals surface area contributed by atoms with Gasteiger partial charge in [0.05, 0.1) is 0 Å². The molecule has 5 nitrogen and oxygen atoms in total. The number of hydrogen-bond donors (Lipinski definition) is 2. The molecule has 0 saturated carbocycles. The van der Waals surface area contributed by atoms with Crippen molar-refractivity contribution in [2.24, 2.45) is 5.73 Å². The first kappa shape index (κ1) is 14.4. The van der Waals surface area contributed by atoms with Crippen LogP contribution in [0.15, 0.2) is 18.3 Å². The summed E-state index contributed by atoms with van der Waals surface area (Å²) in [5.41, 5.74) is 7.00. The number of anilines is 1. The molecule has 0 spiro atoms. The van der Waals surface area contributed by atoms with E-state index in [9.17, 15) is 4.79 Å². The van der Waals surface area contributed by atoms with Crippen LogP contribution in [0.5, 0.6) is 0 Å². The maximum atomic E-state index is 11.7. The van der Waals surface area contributed by atoms with Gasteiger partial charge >= 0.3 is 0 Å². The zero-order chi connectivity index (χ0) is 13.4. The minimum Gasteiger partial charge on any atom is -0.372 e. The Morgan fingerprint density at radius 1 is 1.50 bits per heavy atom. The highest BCUT2D eigenvalue weighted by Gasteiger charge is 2.09. The Kier molecular flexibility index (Phi) is 6.14. The molecule has 0 aromatic carbocycles. The van der Waals surface area contributed by atoms with E-state index in [-0.39, 0.29) is 5.91 Å². The quantitative estimate of drug-likeness (QED) is 0.757. The van der Waals surface area contributed by atoms with Gasteiger partial charge in [0.2, 0.25) is 0 Å². The minimum absolute atomic E-state index is 0.130. The number of carbonyl (C=O) groups excluding carboxylic acids is 1. The number of pyridine rings is 1. The maximum Gasteiger partial charge on any atom is 0.269 e. The summed E-state index contributed by atoms with van der Waals surface area (Å²) in [7, 11) is 0. The second-order valence-corrected chi connectivity index (χ2v) is 3.98. The highest BCUT2D eigenvalue weighted by atomic mass is 16.1. The van der Waals surface area contributed by atoms with Gasteiger partial charge in [0.25, 0.3) is 5.91 Å². The van der Waals surface area contributed by atoms with E-state index in [2.05, 4.69) is 22.1 Å². The number of nitrogens with two attached hydrogens (primary N) is 1. The van der Waals surface area contributed by atoms with E-state index < -0.39 is 0 Å². The minimum atomic E-state index is -0.130. The van der Waals surface area contributed by atoms with Crippen LogP contribution in [0.3, 0.4) is 0 Å². The van der Waals surface area contributed by atoms with Crippen molar-refractivity contribution in [3.05, 3.63) is 24.0 Å². The summed E-state index contributed by atoms with van der Waals surface area (Å²) in [6, 6.07) is 3.74. The van der Waals surface area contributed by atoms with Crippen LogP contribution < -0.4 is 16.0 Å². The second kappa shape index (κ2) is 7.66. The molecule has 0 radical (unpaired) electrons. The molecule has 5 heteroatoms. The van der Waals surface area contributed by atoms with Crippen molar-refractivity contribution >= 4 is 11.6 Å². The summed E-state index contributed by atoms with van der Waals surface area (Å²) < 4.78 is 0. The summed E-state index contributed by atoms with van der Waals surface area (Å²) >= 11 is 0. The number of amides is 1. The molecule has 1 aromatic heterocycles. The van der Waals surface area contributed by atoms with Gasteiger partial charge in [-0.1, -0.05) is 0 Å². The molecule has 100 valence electrons. The molecule has 0 bridgehead atoms. The predicted molar refractivity (Wildman–Crippen MR) is 73.8 cm³/mol. The topological polar surface area (TPSA) is 71.2 Å². The largest absolute Gasteiger partial charge is 0.372 e. The second-order valence-electron chi connectivity index (χ2n) is 3.98. The van der Waals surface area contributed by atoms with E-state index >= 15 is 0 Å². The Morgan fingerprint density at radius 2 is 2.28 bits per heavy atom. The number of nitrogens with zero attached hydrogens (tertiary/aromatic N) is 2. The van der Waals surface area contributed by atoms with Crippen LogP contribution in [-0.4, -0.2) is 37.1 Å². The molecule has 0 aliphatic carbocycles. The first-order valence-electron chi connectivity index (χ1n) is 6.42. The number of rotatable bonds is 7. The van der Waals surface area contributed by atoms with Gasteiger partial charge in [-0.25, -0.2) is 0 Å². The van der Waals surface area contributed by atoms with E-state index in [0.717, 1.165) is 25.2 Å². The first-order valence-corrected chi connectivity index (χ1v) is 6.42. The summed E-state index contributed by atoms with van der Waals surface area (Å²) in [5, 5.41) is 2.75. The molecule has 0 aliphatic heterocycles. The lowest BCUT2D eigenvalue weighted by Crippen LogP contribution is -2.27. The van der Waals surface area contributed by atoms with Gasteiger partial charge in [0, 0.05) is 31.5 Å². The standard InChI is InChI=1S/C13H22N4O/c1-3-15-13(18)12-10-11(6-8-16-12)17(4-2)9-5-7-14/h6,8,10H,3-5,7,9,14H2,1-2H3,(H,15,18). The van der Waals surface area contributed by atoms with Crippen molar-refractivity contribution in [2.75, 3.05) is 31.1 Å². The third kappa shape index (κ3) is 4.00. The van der Waals surface area contributed by atoms with Gasteiger partial charge in [-0.15, -0.1) is 0 Å². The lowest BCUT2D eigenvalue weighted by atomic mass is 10.2. The normalized spacial score (nSPS) is 10.2. The Hall–Kier alpha value is -1.62. The fraction of sp³-hybridized carbons (Fsp3) is 0.538. The van der Waals surface area contributed by atoms with Crippen LogP contribution in [0, 0.1) is 0 Å². The molecule has 1 amide bonds. The molecule has 1 aromatic rings. The maximum absolute atomic E-state index is 11.7. The number of aromatic nitrogens is 1. The van der Waals surface area contributed by atoms with Gasteiger partial charge in [0.1, 0.15) is 5.69 Å². The molecule has 0 atom stereocenters. The van der Waals surface area contributed by atoms with Crippen molar-refractivity contribution in [1.29, 1.82) is 0 Å². The molecule has 0 saturated heterocycles. The number of hydrogen-bond acceptors (Lipinski definition) is 4. The summed E-state index contributed by atoms with van der Waals surface area (Å²) in [5.74, 6) is -0.130. The molecule has 3 N–H and O–H groups in total. The monoisotopic (exact) mass is 250 g/mol. The highest BCUT2D eigenvalue weighted by Crippen LogP contribution is 2.14. The van der Waals surface area contributed by atoms with Crippen LogP contribution in [0.1, 0.15) is 30.8 Å². The smallest absolute Gasteiger partial charge is 0.269 e. The Labute approximate surface area is 108 Å². The van der Waals surface area contributed by atoms with Crippen molar-refractivity contribution < 1.29 is 4.79 Å². The zero-order valence-corrected chi connectivity index (χ0v) is 11.1. The van der Waals surface area contributed by atoms with Crippen molar-refractivity contribution in [1.82, 2.24) is 10.3 Å².